The third-order valence-electron chi connectivity index (χ3n) is 1.61. The second kappa shape index (κ2) is 5.13. The Morgan fingerprint density at radius 3 is 2.36 bits per heavy atom. The molecule has 0 heterocycles. The number of esters is 1. The number of hydrogen-bond donors (Lipinski definition) is 1. The number of carbonyl (C=O) groups is 1. The molecule has 0 aromatic heterocycles. The van der Waals surface area contributed by atoms with E-state index in [0.717, 1.165) is 0 Å². The standard InChI is InChI=1S/C8H16O3/c1-4-7(6(3)9)8(10)11-5-2/h6-7,9H,4-5H2,1-3H3/t6-,7-/m0/s1. The average Bonchev–Trinajstić information content (AvgIpc) is 1.88. The lowest BCUT2D eigenvalue weighted by molar-refractivity contribution is -0.151. The van der Waals surface area contributed by atoms with Crippen molar-refractivity contribution in [2.45, 2.75) is 33.3 Å². The smallest absolute Gasteiger partial charge is 0.311 e. The minimum absolute atomic E-state index is 0.301. The summed E-state index contributed by atoms with van der Waals surface area (Å²) in [5.74, 6) is -0.667. The molecule has 0 rings (SSSR count). The van der Waals surface area contributed by atoms with Crippen LogP contribution in [-0.4, -0.2) is 23.8 Å². The molecule has 0 bridgehead atoms. The predicted molar refractivity (Wildman–Crippen MR) is 42.1 cm³/mol. The minimum Gasteiger partial charge on any atom is -0.466 e. The Kier molecular flexibility index (Phi) is 4.86. The van der Waals surface area contributed by atoms with Crippen LogP contribution in [0.4, 0.5) is 0 Å². The van der Waals surface area contributed by atoms with Crippen LogP contribution in [0.15, 0.2) is 0 Å². The zero-order valence-electron chi connectivity index (χ0n) is 7.33. The molecule has 0 aliphatic carbocycles. The first-order chi connectivity index (χ1) is 5.13. The summed E-state index contributed by atoms with van der Waals surface area (Å²) in [5, 5.41) is 9.11. The van der Waals surface area contributed by atoms with Crippen LogP contribution < -0.4 is 0 Å². The normalized spacial score (nSPS) is 15.6. The van der Waals surface area contributed by atoms with Gasteiger partial charge in [0.25, 0.3) is 0 Å². The zero-order valence-corrected chi connectivity index (χ0v) is 7.33. The molecule has 0 aromatic rings. The molecule has 0 aliphatic heterocycles. The van der Waals surface area contributed by atoms with Crippen molar-refractivity contribution in [3.63, 3.8) is 0 Å². The summed E-state index contributed by atoms with van der Waals surface area (Å²) in [6.45, 7) is 5.59. The van der Waals surface area contributed by atoms with E-state index < -0.39 is 6.10 Å². The highest BCUT2D eigenvalue weighted by atomic mass is 16.5. The van der Waals surface area contributed by atoms with Gasteiger partial charge in [0.1, 0.15) is 0 Å². The predicted octanol–water partition coefficient (Wildman–Crippen LogP) is 0.956. The highest BCUT2D eigenvalue weighted by Crippen LogP contribution is 2.10. The third kappa shape index (κ3) is 3.37. The van der Waals surface area contributed by atoms with Gasteiger partial charge in [-0.2, -0.15) is 0 Å². The summed E-state index contributed by atoms with van der Waals surface area (Å²) < 4.78 is 4.76. The zero-order chi connectivity index (χ0) is 8.85. The van der Waals surface area contributed by atoms with E-state index in [1.165, 1.54) is 0 Å². The van der Waals surface area contributed by atoms with Crippen molar-refractivity contribution in [1.82, 2.24) is 0 Å². The molecular weight excluding hydrogens is 144 g/mol. The summed E-state index contributed by atoms with van der Waals surface area (Å²) in [4.78, 5) is 11.0. The maximum atomic E-state index is 11.0. The average molecular weight is 160 g/mol. The van der Waals surface area contributed by atoms with Crippen molar-refractivity contribution in [1.29, 1.82) is 0 Å². The van der Waals surface area contributed by atoms with E-state index in [-0.39, 0.29) is 11.9 Å². The lowest BCUT2D eigenvalue weighted by atomic mass is 10.0. The van der Waals surface area contributed by atoms with Crippen LogP contribution in [0.1, 0.15) is 27.2 Å². The molecule has 0 amide bonds. The van der Waals surface area contributed by atoms with E-state index in [1.807, 2.05) is 6.92 Å². The van der Waals surface area contributed by atoms with Crippen LogP contribution in [-0.2, 0) is 9.53 Å². The molecule has 66 valence electrons. The van der Waals surface area contributed by atoms with Gasteiger partial charge in [0.2, 0.25) is 0 Å². The van der Waals surface area contributed by atoms with Crippen LogP contribution in [0, 0.1) is 5.92 Å². The number of ether oxygens (including phenoxy) is 1. The maximum Gasteiger partial charge on any atom is 0.311 e. The van der Waals surface area contributed by atoms with Crippen molar-refractivity contribution >= 4 is 5.97 Å². The van der Waals surface area contributed by atoms with Crippen LogP contribution in [0.2, 0.25) is 0 Å². The van der Waals surface area contributed by atoms with Crippen molar-refractivity contribution < 1.29 is 14.6 Å². The van der Waals surface area contributed by atoms with E-state index in [1.54, 1.807) is 13.8 Å². The number of carbonyl (C=O) groups excluding carboxylic acids is 1. The molecule has 3 heteroatoms. The van der Waals surface area contributed by atoms with Crippen LogP contribution >= 0.6 is 0 Å². The molecule has 0 radical (unpaired) electrons. The molecule has 0 aromatic carbocycles. The van der Waals surface area contributed by atoms with E-state index >= 15 is 0 Å². The Balaban J connectivity index is 3.92. The molecule has 3 nitrogen and oxygen atoms in total. The van der Waals surface area contributed by atoms with Gasteiger partial charge in [-0.05, 0) is 20.3 Å². The molecule has 0 unspecified atom stereocenters. The third-order valence-corrected chi connectivity index (χ3v) is 1.61. The van der Waals surface area contributed by atoms with Gasteiger partial charge in [-0.15, -0.1) is 0 Å². The van der Waals surface area contributed by atoms with Gasteiger partial charge in [0.15, 0.2) is 0 Å². The van der Waals surface area contributed by atoms with E-state index in [9.17, 15) is 4.79 Å². The Labute approximate surface area is 67.4 Å². The monoisotopic (exact) mass is 160 g/mol. The van der Waals surface area contributed by atoms with E-state index in [4.69, 9.17) is 9.84 Å². The Morgan fingerprint density at radius 2 is 2.09 bits per heavy atom. The Hall–Kier alpha value is -0.570. The van der Waals surface area contributed by atoms with Crippen LogP contribution in [0.25, 0.3) is 0 Å². The van der Waals surface area contributed by atoms with Gasteiger partial charge in [-0.1, -0.05) is 6.92 Å². The minimum atomic E-state index is -0.612. The molecular formula is C8H16O3. The van der Waals surface area contributed by atoms with Gasteiger partial charge in [-0.25, -0.2) is 0 Å². The summed E-state index contributed by atoms with van der Waals surface area (Å²) in [6.07, 6.45) is 0.00954. The lowest BCUT2D eigenvalue weighted by Gasteiger charge is -2.15. The lowest BCUT2D eigenvalue weighted by Crippen LogP contribution is -2.27. The number of rotatable bonds is 4. The second-order valence-electron chi connectivity index (χ2n) is 2.51. The van der Waals surface area contributed by atoms with Crippen LogP contribution in [0.3, 0.4) is 0 Å². The summed E-state index contributed by atoms with van der Waals surface area (Å²) >= 11 is 0. The van der Waals surface area contributed by atoms with E-state index in [2.05, 4.69) is 0 Å². The maximum absolute atomic E-state index is 11.0. The number of aliphatic hydroxyl groups is 1. The van der Waals surface area contributed by atoms with Crippen molar-refractivity contribution in [2.75, 3.05) is 6.61 Å². The summed E-state index contributed by atoms with van der Waals surface area (Å²) in [5.41, 5.74) is 0. The van der Waals surface area contributed by atoms with Gasteiger partial charge >= 0.3 is 5.97 Å². The largest absolute Gasteiger partial charge is 0.466 e. The van der Waals surface area contributed by atoms with Crippen LogP contribution in [0.5, 0.6) is 0 Å². The first-order valence-corrected chi connectivity index (χ1v) is 3.98. The molecule has 0 aliphatic rings. The Bertz CT molecular complexity index is 121. The fraction of sp³-hybridized carbons (Fsp3) is 0.875. The first-order valence-electron chi connectivity index (χ1n) is 3.98. The number of hydrogen-bond acceptors (Lipinski definition) is 3. The second-order valence-corrected chi connectivity index (χ2v) is 2.51. The molecule has 0 saturated carbocycles. The van der Waals surface area contributed by atoms with Gasteiger partial charge in [0.05, 0.1) is 18.6 Å². The van der Waals surface area contributed by atoms with Crippen molar-refractivity contribution in [3.05, 3.63) is 0 Å². The highest BCUT2D eigenvalue weighted by molar-refractivity contribution is 5.72. The fourth-order valence-corrected chi connectivity index (χ4v) is 0.954. The molecule has 0 saturated heterocycles. The fourth-order valence-electron chi connectivity index (χ4n) is 0.954. The summed E-state index contributed by atoms with van der Waals surface area (Å²) in [6, 6.07) is 0. The topological polar surface area (TPSA) is 46.5 Å². The molecule has 1 N–H and O–H groups in total. The first kappa shape index (κ1) is 10.4. The molecule has 11 heavy (non-hydrogen) atoms. The summed E-state index contributed by atoms with van der Waals surface area (Å²) in [7, 11) is 0. The van der Waals surface area contributed by atoms with Gasteiger partial charge < -0.3 is 9.84 Å². The van der Waals surface area contributed by atoms with Crippen molar-refractivity contribution in [2.24, 2.45) is 5.92 Å². The van der Waals surface area contributed by atoms with Crippen molar-refractivity contribution in [3.8, 4) is 0 Å². The SMILES string of the molecule is CCOC(=O)[C@@H](CC)[C@H](C)O. The highest BCUT2D eigenvalue weighted by Gasteiger charge is 2.22. The van der Waals surface area contributed by atoms with Gasteiger partial charge in [-0.3, -0.25) is 4.79 Å². The molecule has 0 fully saturated rings. The van der Waals surface area contributed by atoms with E-state index in [0.29, 0.717) is 13.0 Å². The number of aliphatic hydroxyl groups excluding tert-OH is 1. The molecule has 0 spiro atoms. The quantitative estimate of drug-likeness (QED) is 0.623. The Morgan fingerprint density at radius 1 is 1.55 bits per heavy atom. The molecule has 2 atom stereocenters. The van der Waals surface area contributed by atoms with Gasteiger partial charge in [0, 0.05) is 0 Å².